The molecule has 0 bridgehead atoms. The first-order valence-corrected chi connectivity index (χ1v) is 7.90. The van der Waals surface area contributed by atoms with Gasteiger partial charge in [0.1, 0.15) is 0 Å². The molecule has 0 aliphatic heterocycles. The molecule has 0 aliphatic rings. The third kappa shape index (κ3) is 6.21. The van der Waals surface area contributed by atoms with Crippen LogP contribution in [0.5, 0.6) is 11.5 Å². The summed E-state index contributed by atoms with van der Waals surface area (Å²) in [7, 11) is 0. The van der Waals surface area contributed by atoms with Gasteiger partial charge in [-0.25, -0.2) is 0 Å². The minimum absolute atomic E-state index is 0. The van der Waals surface area contributed by atoms with E-state index in [9.17, 15) is 10.2 Å². The van der Waals surface area contributed by atoms with E-state index in [0.29, 0.717) is 0 Å². The molecule has 0 spiro atoms. The normalized spacial score (nSPS) is 9.17. The van der Waals surface area contributed by atoms with Crippen molar-refractivity contribution < 1.29 is 30.6 Å². The third-order valence-corrected chi connectivity index (χ3v) is 4.18. The third-order valence-electron chi connectivity index (χ3n) is 2.95. The van der Waals surface area contributed by atoms with Gasteiger partial charge in [0.15, 0.2) is 21.3 Å². The van der Waals surface area contributed by atoms with Crippen LogP contribution in [-0.2, 0) is 32.2 Å². The quantitative estimate of drug-likeness (QED) is 0.374. The molecule has 3 rings (SSSR count). The Kier molecular flexibility index (Phi) is 8.88. The Bertz CT molecular complexity index is 723. The van der Waals surface area contributed by atoms with Gasteiger partial charge in [-0.2, -0.15) is 0 Å². The first-order chi connectivity index (χ1) is 11.2. The van der Waals surface area contributed by atoms with Gasteiger partial charge in [0.2, 0.25) is 0 Å². The topological polar surface area (TPSA) is 53.4 Å². The number of thiol groups is 1. The minimum atomic E-state index is 0. The Labute approximate surface area is 159 Å². The van der Waals surface area contributed by atoms with E-state index in [-0.39, 0.29) is 31.9 Å². The smallest absolute Gasteiger partial charge is 0.200 e. The van der Waals surface area contributed by atoms with Crippen molar-refractivity contribution >= 4 is 17.8 Å². The minimum Gasteiger partial charge on any atom is -0.503 e. The van der Waals surface area contributed by atoms with Crippen molar-refractivity contribution in [2.75, 3.05) is 0 Å². The van der Waals surface area contributed by atoms with Gasteiger partial charge >= 0.3 is 0 Å². The number of pyridine rings is 1. The molecule has 0 amide bonds. The van der Waals surface area contributed by atoms with Crippen LogP contribution >= 0.6 is 0 Å². The second-order valence-corrected chi connectivity index (χ2v) is 5.76. The van der Waals surface area contributed by atoms with E-state index in [1.165, 1.54) is 0 Å². The van der Waals surface area contributed by atoms with E-state index in [1.807, 2.05) is 36.4 Å². The molecular weight excluding hydrogens is 413 g/mol. The summed E-state index contributed by atoms with van der Waals surface area (Å²) in [5.41, 5.74) is 1.11. The number of aromatic nitrogens is 1. The summed E-state index contributed by atoms with van der Waals surface area (Å²) in [5.74, 6) is 0.504. The Hall–Kier alpha value is -2.06. The Morgan fingerprint density at radius 1 is 0.792 bits per heavy atom. The number of hydrogen-bond acceptors (Lipinski definition) is 3. The molecule has 5 heteroatoms. The molecule has 0 aliphatic carbocycles. The van der Waals surface area contributed by atoms with Crippen LogP contribution in [0.25, 0.3) is 6.08 Å². The largest absolute Gasteiger partial charge is 0.503 e. The summed E-state index contributed by atoms with van der Waals surface area (Å²) in [6, 6.07) is 18.1. The van der Waals surface area contributed by atoms with Gasteiger partial charge in [-0.15, -0.1) is 0 Å². The zero-order chi connectivity index (χ0) is 16.5. The Morgan fingerprint density at radius 3 is 1.62 bits per heavy atom. The summed E-state index contributed by atoms with van der Waals surface area (Å²) in [6.07, 6.45) is 5.29. The average molecular weight is 431 g/mol. The molecule has 0 fully saturated rings. The van der Waals surface area contributed by atoms with E-state index >= 15 is 0 Å². The van der Waals surface area contributed by atoms with Crippen LogP contribution in [-0.4, -0.2) is 15.2 Å². The molecule has 0 atom stereocenters. The Balaban J connectivity index is 0.000000273. The predicted octanol–water partition coefficient (Wildman–Crippen LogP) is 4.05. The maximum atomic E-state index is 9.57. The maximum absolute atomic E-state index is 9.57. The van der Waals surface area contributed by atoms with Gasteiger partial charge < -0.3 is 10.2 Å². The average Bonchev–Trinajstić information content (AvgIpc) is 2.60. The second kappa shape index (κ2) is 10.7. The van der Waals surface area contributed by atoms with Crippen molar-refractivity contribution in [2.45, 2.75) is 9.79 Å². The van der Waals surface area contributed by atoms with Crippen LogP contribution in [0.4, 0.5) is 0 Å². The van der Waals surface area contributed by atoms with Crippen molar-refractivity contribution in [1.29, 1.82) is 0 Å². The van der Waals surface area contributed by atoms with Crippen LogP contribution in [0, 0.1) is 0 Å². The summed E-state index contributed by atoms with van der Waals surface area (Å²) in [6.45, 7) is 3.60. The molecule has 2 aromatic carbocycles. The summed E-state index contributed by atoms with van der Waals surface area (Å²) >= 11 is 0.808. The number of benzene rings is 2. The molecule has 1 aromatic heterocycles. The van der Waals surface area contributed by atoms with E-state index in [0.717, 1.165) is 27.1 Å². The molecule has 0 radical (unpaired) electrons. The fourth-order valence-electron chi connectivity index (χ4n) is 1.75. The van der Waals surface area contributed by atoms with Crippen molar-refractivity contribution in [1.82, 2.24) is 4.98 Å². The maximum Gasteiger partial charge on any atom is 0.200 e. The molecule has 0 saturated heterocycles. The molecule has 2 N–H and O–H groups in total. The van der Waals surface area contributed by atoms with Crippen LogP contribution in [0.15, 0.2) is 89.4 Å². The van der Waals surface area contributed by atoms with Crippen molar-refractivity contribution in [3.05, 3.63) is 85.2 Å². The summed E-state index contributed by atoms with van der Waals surface area (Å²) < 4.78 is 0. The molecule has 0 saturated carbocycles. The molecular formula is C19H18NO2PdS+. The number of rotatable bonds is 3. The number of phenols is 2. The van der Waals surface area contributed by atoms with Crippen LogP contribution < -0.4 is 0 Å². The molecule has 3 aromatic rings. The summed E-state index contributed by atoms with van der Waals surface area (Å²) in [4.78, 5) is 5.43. The molecule has 1 heterocycles. The van der Waals surface area contributed by atoms with Gasteiger partial charge in [-0.05, 0) is 42.0 Å². The molecule has 126 valence electrons. The van der Waals surface area contributed by atoms with Crippen molar-refractivity contribution in [3.63, 3.8) is 0 Å². The van der Waals surface area contributed by atoms with Crippen molar-refractivity contribution in [2.24, 2.45) is 0 Å². The fraction of sp³-hybridized carbons (Fsp3) is 0. The first kappa shape index (κ1) is 20.0. The number of aromatic hydroxyl groups is 2. The van der Waals surface area contributed by atoms with E-state index in [4.69, 9.17) is 0 Å². The van der Waals surface area contributed by atoms with Gasteiger partial charge in [0.25, 0.3) is 0 Å². The van der Waals surface area contributed by atoms with Gasteiger partial charge in [0, 0.05) is 32.8 Å². The number of para-hydroxylation sites is 2. The first-order valence-electron chi connectivity index (χ1n) is 7.01. The van der Waals surface area contributed by atoms with Crippen molar-refractivity contribution in [3.8, 4) is 11.5 Å². The number of phenolic OH excluding ortho intramolecular Hbond substituents is 2. The van der Waals surface area contributed by atoms with Gasteiger partial charge in [0.05, 0.1) is 11.8 Å². The van der Waals surface area contributed by atoms with Crippen LogP contribution in [0.3, 0.4) is 0 Å². The van der Waals surface area contributed by atoms with Crippen LogP contribution in [0.2, 0.25) is 0 Å². The molecule has 24 heavy (non-hydrogen) atoms. The van der Waals surface area contributed by atoms with Gasteiger partial charge in [-0.3, -0.25) is 4.98 Å². The standard InChI is InChI=1S/C12H10O2S.C7H7N.Pd/c13-9-5-1-3-7-11(9)15-12-8-4-2-6-10(12)14;1-2-7-3-5-8-6-4-7;/h1-8,13-14H;2-6H,1H2;/p+1. The fourth-order valence-corrected chi connectivity index (χ4v) is 2.71. The number of nitrogens with zero attached hydrogens (tertiary/aromatic N) is 1. The van der Waals surface area contributed by atoms with Gasteiger partial charge in [-0.1, -0.05) is 36.9 Å². The Morgan fingerprint density at radius 2 is 1.25 bits per heavy atom. The second-order valence-electron chi connectivity index (χ2n) is 4.57. The predicted molar refractivity (Wildman–Crippen MR) is 95.8 cm³/mol. The SMILES string of the molecule is C=Cc1ccncc1.Oc1ccccc1[SH+]c1ccccc1O.[Pd]. The van der Waals surface area contributed by atoms with E-state index in [1.54, 1.807) is 42.7 Å². The zero-order valence-electron chi connectivity index (χ0n) is 12.8. The molecule has 0 unspecified atom stereocenters. The summed E-state index contributed by atoms with van der Waals surface area (Å²) in [5, 5.41) is 19.1. The van der Waals surface area contributed by atoms with Crippen LogP contribution in [0.1, 0.15) is 5.56 Å². The molecule has 3 nitrogen and oxygen atoms in total. The van der Waals surface area contributed by atoms with E-state index in [2.05, 4.69) is 11.6 Å². The monoisotopic (exact) mass is 430 g/mol. The zero-order valence-corrected chi connectivity index (χ0v) is 15.3. The number of hydrogen-bond donors (Lipinski definition) is 2. The van der Waals surface area contributed by atoms with E-state index < -0.39 is 0 Å².